The highest BCUT2D eigenvalue weighted by Crippen LogP contribution is 2.26. The average molecular weight is 421 g/mol. The highest BCUT2D eigenvalue weighted by molar-refractivity contribution is 6.33. The maximum absolute atomic E-state index is 12.4. The average Bonchev–Trinajstić information content (AvgIpc) is 3.01. The van der Waals surface area contributed by atoms with E-state index in [1.54, 1.807) is 0 Å². The molecule has 2 aromatic heterocycles. The fraction of sp³-hybridized carbons (Fsp3) is 0.176. The van der Waals surface area contributed by atoms with E-state index in [-0.39, 0.29) is 38.8 Å². The number of non-ortho nitro benzene ring substituents is 1. The molecule has 150 valence electrons. The minimum absolute atomic E-state index is 0.00933. The molecule has 0 saturated heterocycles. The van der Waals surface area contributed by atoms with Crippen LogP contribution >= 0.6 is 11.6 Å². The third kappa shape index (κ3) is 3.94. The van der Waals surface area contributed by atoms with E-state index in [9.17, 15) is 24.5 Å². The molecule has 0 aliphatic carbocycles. The van der Waals surface area contributed by atoms with Crippen LogP contribution in [0.1, 0.15) is 16.1 Å². The monoisotopic (exact) mass is 420 g/mol. The number of nitrogens with zero attached hydrogens (tertiary/aromatic N) is 3. The van der Waals surface area contributed by atoms with Gasteiger partial charge in [0.2, 0.25) is 5.71 Å². The number of nitro benzene ring substituents is 1. The number of hydrogen-bond donors (Lipinski definition) is 1. The number of aromatic nitrogens is 2. The van der Waals surface area contributed by atoms with Crippen molar-refractivity contribution >= 4 is 46.0 Å². The third-order valence-corrected chi connectivity index (χ3v) is 4.25. The van der Waals surface area contributed by atoms with Gasteiger partial charge in [-0.05, 0) is 13.0 Å². The molecule has 29 heavy (non-hydrogen) atoms. The van der Waals surface area contributed by atoms with E-state index in [1.807, 2.05) is 0 Å². The maximum Gasteiger partial charge on any atom is 0.343 e. The molecule has 3 rings (SSSR count). The van der Waals surface area contributed by atoms with E-state index in [1.165, 1.54) is 37.0 Å². The molecule has 1 amide bonds. The fourth-order valence-corrected chi connectivity index (χ4v) is 2.71. The standard InChI is InChI=1S/C17H13ClN4O7/c1-8-13(14-15(29-8)19-7-21(2)16(14)24)17(25)28-6-12(23)20-11-5-9(22(26)27)3-4-10(11)18/h3-5,7H,6H2,1-2H3,(H,20,23). The molecule has 0 spiro atoms. The van der Waals surface area contributed by atoms with Gasteiger partial charge in [0.05, 0.1) is 15.6 Å². The molecule has 0 aliphatic heterocycles. The molecule has 0 aliphatic rings. The van der Waals surface area contributed by atoms with E-state index >= 15 is 0 Å². The molecule has 0 atom stereocenters. The number of benzene rings is 1. The Hall–Kier alpha value is -3.73. The molecule has 0 unspecified atom stereocenters. The number of hydrogen-bond acceptors (Lipinski definition) is 8. The van der Waals surface area contributed by atoms with Crippen LogP contribution in [0.4, 0.5) is 11.4 Å². The highest BCUT2D eigenvalue weighted by atomic mass is 35.5. The minimum Gasteiger partial charge on any atom is -0.452 e. The number of nitrogens with one attached hydrogen (secondary N) is 1. The molecule has 12 heteroatoms. The van der Waals surface area contributed by atoms with Gasteiger partial charge in [-0.3, -0.25) is 19.7 Å². The number of fused-ring (bicyclic) bond motifs is 1. The molecule has 0 bridgehead atoms. The molecule has 1 N–H and O–H groups in total. The van der Waals surface area contributed by atoms with Gasteiger partial charge < -0.3 is 19.0 Å². The van der Waals surface area contributed by atoms with Crippen molar-refractivity contribution in [3.8, 4) is 0 Å². The zero-order chi connectivity index (χ0) is 21.3. The second-order valence-electron chi connectivity index (χ2n) is 5.92. The first-order valence-electron chi connectivity index (χ1n) is 8.04. The van der Waals surface area contributed by atoms with Crippen molar-refractivity contribution in [1.29, 1.82) is 0 Å². The van der Waals surface area contributed by atoms with Gasteiger partial charge in [-0.15, -0.1) is 0 Å². The number of halogens is 1. The number of furan rings is 1. The number of ether oxygens (including phenoxy) is 1. The van der Waals surface area contributed by atoms with Gasteiger partial charge in [-0.1, -0.05) is 11.6 Å². The lowest BCUT2D eigenvalue weighted by Gasteiger charge is -2.08. The van der Waals surface area contributed by atoms with Crippen LogP contribution in [-0.2, 0) is 16.6 Å². The van der Waals surface area contributed by atoms with Gasteiger partial charge in [0.1, 0.15) is 23.0 Å². The first kappa shape index (κ1) is 20.0. The summed E-state index contributed by atoms with van der Waals surface area (Å²) in [5, 5.41) is 13.2. The Morgan fingerprint density at radius 2 is 2.14 bits per heavy atom. The Balaban J connectivity index is 1.76. The van der Waals surface area contributed by atoms with Crippen molar-refractivity contribution in [2.45, 2.75) is 6.92 Å². The van der Waals surface area contributed by atoms with Crippen molar-refractivity contribution in [3.05, 3.63) is 61.3 Å². The van der Waals surface area contributed by atoms with Crippen molar-refractivity contribution in [2.24, 2.45) is 7.05 Å². The topological polar surface area (TPSA) is 147 Å². The highest BCUT2D eigenvalue weighted by Gasteiger charge is 2.24. The lowest BCUT2D eigenvalue weighted by atomic mass is 10.2. The van der Waals surface area contributed by atoms with Gasteiger partial charge >= 0.3 is 5.97 Å². The van der Waals surface area contributed by atoms with Crippen molar-refractivity contribution in [1.82, 2.24) is 9.55 Å². The first-order valence-corrected chi connectivity index (χ1v) is 8.42. The van der Waals surface area contributed by atoms with Crippen molar-refractivity contribution < 1.29 is 23.7 Å². The number of aryl methyl sites for hydroxylation is 2. The molecule has 11 nitrogen and oxygen atoms in total. The van der Waals surface area contributed by atoms with Crippen LogP contribution in [0, 0.1) is 17.0 Å². The second-order valence-corrected chi connectivity index (χ2v) is 6.33. The number of anilines is 1. The molecule has 1 aromatic carbocycles. The lowest BCUT2D eigenvalue weighted by Crippen LogP contribution is -2.23. The maximum atomic E-state index is 12.4. The quantitative estimate of drug-likeness (QED) is 0.375. The summed E-state index contributed by atoms with van der Waals surface area (Å²) in [4.78, 5) is 50.9. The van der Waals surface area contributed by atoms with E-state index in [2.05, 4.69) is 10.3 Å². The van der Waals surface area contributed by atoms with E-state index in [0.717, 1.165) is 6.07 Å². The Morgan fingerprint density at radius 3 is 2.83 bits per heavy atom. The number of carbonyl (C=O) groups is 2. The molecule has 3 aromatic rings. The molecular weight excluding hydrogens is 408 g/mol. The fourth-order valence-electron chi connectivity index (χ4n) is 2.55. The Kier molecular flexibility index (Phi) is 5.33. The third-order valence-electron chi connectivity index (χ3n) is 3.92. The van der Waals surface area contributed by atoms with Crippen molar-refractivity contribution in [2.75, 3.05) is 11.9 Å². The van der Waals surface area contributed by atoms with Crippen molar-refractivity contribution in [3.63, 3.8) is 0 Å². The Morgan fingerprint density at radius 1 is 1.41 bits per heavy atom. The number of nitro groups is 1. The van der Waals surface area contributed by atoms with Gasteiger partial charge in [0.25, 0.3) is 17.2 Å². The summed E-state index contributed by atoms with van der Waals surface area (Å²) < 4.78 is 11.4. The Labute approximate surface area is 167 Å². The summed E-state index contributed by atoms with van der Waals surface area (Å²) in [6.45, 7) is 0.741. The number of esters is 1. The summed E-state index contributed by atoms with van der Waals surface area (Å²) in [5.74, 6) is -1.62. The summed E-state index contributed by atoms with van der Waals surface area (Å²) in [6, 6.07) is 3.51. The molecule has 2 heterocycles. The van der Waals surface area contributed by atoms with Gasteiger partial charge in [-0.2, -0.15) is 0 Å². The molecule has 0 saturated carbocycles. The largest absolute Gasteiger partial charge is 0.452 e. The van der Waals surface area contributed by atoms with Crippen LogP contribution < -0.4 is 10.9 Å². The zero-order valence-corrected chi connectivity index (χ0v) is 15.8. The first-order chi connectivity index (χ1) is 13.7. The van der Waals surface area contributed by atoms with E-state index in [4.69, 9.17) is 20.8 Å². The predicted octanol–water partition coefficient (Wildman–Crippen LogP) is 2.19. The number of rotatable bonds is 5. The number of carbonyl (C=O) groups excluding carboxylic acids is 2. The molecular formula is C17H13ClN4O7. The molecule has 0 radical (unpaired) electrons. The normalized spacial score (nSPS) is 10.7. The predicted molar refractivity (Wildman–Crippen MR) is 101 cm³/mol. The van der Waals surface area contributed by atoms with Crippen LogP contribution in [0.3, 0.4) is 0 Å². The summed E-state index contributed by atoms with van der Waals surface area (Å²) in [5.41, 5.74) is -0.942. The van der Waals surface area contributed by atoms with Gasteiger partial charge in [-0.25, -0.2) is 9.78 Å². The number of amides is 1. The lowest BCUT2D eigenvalue weighted by molar-refractivity contribution is -0.384. The Bertz CT molecular complexity index is 1210. The van der Waals surface area contributed by atoms with Crippen LogP contribution in [0.15, 0.2) is 33.7 Å². The minimum atomic E-state index is -0.952. The van der Waals surface area contributed by atoms with Crippen LogP contribution in [0.5, 0.6) is 0 Å². The second kappa shape index (κ2) is 7.72. The zero-order valence-electron chi connectivity index (χ0n) is 15.1. The van der Waals surface area contributed by atoms with Crippen LogP contribution in [-0.4, -0.2) is 33.0 Å². The SMILES string of the molecule is Cc1oc2ncn(C)c(=O)c2c1C(=O)OCC(=O)Nc1cc([N+](=O)[O-])ccc1Cl. The summed E-state index contributed by atoms with van der Waals surface area (Å²) >= 11 is 5.91. The smallest absolute Gasteiger partial charge is 0.343 e. The summed E-state index contributed by atoms with van der Waals surface area (Å²) in [7, 11) is 1.46. The van der Waals surface area contributed by atoms with Gasteiger partial charge in [0.15, 0.2) is 6.61 Å². The van der Waals surface area contributed by atoms with Crippen LogP contribution in [0.25, 0.3) is 11.1 Å². The van der Waals surface area contributed by atoms with Crippen LogP contribution in [0.2, 0.25) is 5.02 Å². The van der Waals surface area contributed by atoms with E-state index in [0.29, 0.717) is 0 Å². The van der Waals surface area contributed by atoms with Gasteiger partial charge in [0, 0.05) is 19.2 Å². The summed E-state index contributed by atoms with van der Waals surface area (Å²) in [6.07, 6.45) is 1.25. The van der Waals surface area contributed by atoms with E-state index < -0.39 is 29.0 Å². The molecule has 0 fully saturated rings.